The minimum Gasteiger partial charge on any atom is -0.465 e. The van der Waals surface area contributed by atoms with Gasteiger partial charge in [-0.05, 0) is 49.2 Å². The standard InChI is InChI=1S/C23H28N4O6S/c1-32-23(29)18-4-6-19(7-5-18)25-22(28)17-8-11-26(12-9-17)21-20(3-2-10-24-21)34(30,31)27-13-15-33-16-14-27/h2-7,10,17H,8-9,11-16H2,1H3,(H,25,28). The summed E-state index contributed by atoms with van der Waals surface area (Å²) in [6.45, 7) is 2.42. The highest BCUT2D eigenvalue weighted by Gasteiger charge is 2.33. The van der Waals surface area contributed by atoms with Crippen molar-refractivity contribution < 1.29 is 27.5 Å². The van der Waals surface area contributed by atoms with Crippen LogP contribution in [0.1, 0.15) is 23.2 Å². The van der Waals surface area contributed by atoms with Gasteiger partial charge in [0.05, 0.1) is 25.9 Å². The first-order valence-electron chi connectivity index (χ1n) is 11.2. The van der Waals surface area contributed by atoms with E-state index in [1.54, 1.807) is 42.6 Å². The van der Waals surface area contributed by atoms with Crippen LogP contribution >= 0.6 is 0 Å². The molecule has 2 aliphatic heterocycles. The summed E-state index contributed by atoms with van der Waals surface area (Å²) in [6, 6.07) is 9.74. The summed E-state index contributed by atoms with van der Waals surface area (Å²) in [6.07, 6.45) is 2.73. The van der Waals surface area contributed by atoms with Gasteiger partial charge >= 0.3 is 5.97 Å². The van der Waals surface area contributed by atoms with E-state index in [1.165, 1.54) is 11.4 Å². The monoisotopic (exact) mass is 488 g/mol. The Bertz CT molecular complexity index is 1120. The Morgan fingerprint density at radius 3 is 2.38 bits per heavy atom. The minimum absolute atomic E-state index is 0.104. The molecule has 4 rings (SSSR count). The zero-order valence-corrected chi connectivity index (χ0v) is 19.8. The zero-order valence-electron chi connectivity index (χ0n) is 19.0. The van der Waals surface area contributed by atoms with Gasteiger partial charge in [-0.3, -0.25) is 4.79 Å². The third kappa shape index (κ3) is 5.21. The number of benzene rings is 1. The van der Waals surface area contributed by atoms with Gasteiger partial charge in [-0.1, -0.05) is 0 Å². The van der Waals surface area contributed by atoms with Gasteiger partial charge in [0.15, 0.2) is 0 Å². The zero-order chi connectivity index (χ0) is 24.1. The van der Waals surface area contributed by atoms with E-state index in [1.807, 2.05) is 4.90 Å². The van der Waals surface area contributed by atoms with Crippen LogP contribution in [-0.2, 0) is 24.3 Å². The van der Waals surface area contributed by atoms with Crippen molar-refractivity contribution in [2.75, 3.05) is 56.7 Å². The Hall–Kier alpha value is -3.02. The van der Waals surface area contributed by atoms with E-state index in [9.17, 15) is 18.0 Å². The number of piperidine rings is 1. The van der Waals surface area contributed by atoms with E-state index < -0.39 is 16.0 Å². The predicted molar refractivity (Wildman–Crippen MR) is 125 cm³/mol. The van der Waals surface area contributed by atoms with Crippen LogP contribution in [0.25, 0.3) is 0 Å². The highest BCUT2D eigenvalue weighted by molar-refractivity contribution is 7.89. The first-order valence-corrected chi connectivity index (χ1v) is 12.6. The lowest BCUT2D eigenvalue weighted by atomic mass is 9.95. The van der Waals surface area contributed by atoms with Gasteiger partial charge in [0.1, 0.15) is 10.7 Å². The third-order valence-electron chi connectivity index (χ3n) is 6.08. The summed E-state index contributed by atoms with van der Waals surface area (Å²) < 4.78 is 37.8. The van der Waals surface area contributed by atoms with E-state index in [4.69, 9.17) is 4.74 Å². The maximum Gasteiger partial charge on any atom is 0.337 e. The van der Waals surface area contributed by atoms with Gasteiger partial charge in [0, 0.05) is 44.0 Å². The molecule has 0 atom stereocenters. The number of methoxy groups -OCH3 is 1. The lowest BCUT2D eigenvalue weighted by Crippen LogP contribution is -2.42. The molecule has 182 valence electrons. The number of hydrogen-bond donors (Lipinski definition) is 1. The Labute approximate surface area is 198 Å². The average Bonchev–Trinajstić information content (AvgIpc) is 2.89. The fourth-order valence-corrected chi connectivity index (χ4v) is 5.72. The minimum atomic E-state index is -3.69. The van der Waals surface area contributed by atoms with Crippen LogP contribution in [0.3, 0.4) is 0 Å². The maximum atomic E-state index is 13.2. The summed E-state index contributed by atoms with van der Waals surface area (Å²) in [4.78, 5) is 30.8. The largest absolute Gasteiger partial charge is 0.465 e. The molecule has 0 spiro atoms. The van der Waals surface area contributed by atoms with Gasteiger partial charge in [-0.15, -0.1) is 0 Å². The van der Waals surface area contributed by atoms with Gasteiger partial charge in [-0.2, -0.15) is 4.31 Å². The van der Waals surface area contributed by atoms with Gasteiger partial charge in [-0.25, -0.2) is 18.2 Å². The summed E-state index contributed by atoms with van der Waals surface area (Å²) >= 11 is 0. The van der Waals surface area contributed by atoms with Crippen molar-refractivity contribution in [2.45, 2.75) is 17.7 Å². The van der Waals surface area contributed by atoms with Crippen molar-refractivity contribution in [3.05, 3.63) is 48.2 Å². The van der Waals surface area contributed by atoms with Crippen molar-refractivity contribution >= 4 is 33.4 Å². The quantitative estimate of drug-likeness (QED) is 0.611. The molecule has 0 bridgehead atoms. The fourth-order valence-electron chi connectivity index (χ4n) is 4.15. The second kappa shape index (κ2) is 10.5. The molecular formula is C23H28N4O6S. The molecule has 1 amide bonds. The first kappa shape index (κ1) is 24.1. The summed E-state index contributed by atoms with van der Waals surface area (Å²) in [5.74, 6) is -0.326. The van der Waals surface area contributed by atoms with Crippen LogP contribution in [0.5, 0.6) is 0 Å². The lowest BCUT2D eigenvalue weighted by molar-refractivity contribution is -0.120. The number of nitrogens with one attached hydrogen (secondary N) is 1. The molecule has 0 unspecified atom stereocenters. The molecule has 2 aromatic rings. The van der Waals surface area contributed by atoms with Crippen LogP contribution < -0.4 is 10.2 Å². The molecule has 10 nitrogen and oxygen atoms in total. The Balaban J connectivity index is 1.39. The lowest BCUT2D eigenvalue weighted by Gasteiger charge is -2.34. The third-order valence-corrected chi connectivity index (χ3v) is 8.00. The number of ether oxygens (including phenoxy) is 2. The van der Waals surface area contributed by atoms with E-state index in [2.05, 4.69) is 15.0 Å². The van der Waals surface area contributed by atoms with Gasteiger partial charge < -0.3 is 19.7 Å². The molecule has 2 fully saturated rings. The SMILES string of the molecule is COC(=O)c1ccc(NC(=O)C2CCN(c3ncccc3S(=O)(=O)N3CCOCC3)CC2)cc1. The van der Waals surface area contributed by atoms with E-state index >= 15 is 0 Å². The number of anilines is 2. The summed E-state index contributed by atoms with van der Waals surface area (Å²) in [7, 11) is -2.37. The Morgan fingerprint density at radius 2 is 1.74 bits per heavy atom. The Morgan fingerprint density at radius 1 is 1.06 bits per heavy atom. The molecule has 0 radical (unpaired) electrons. The topological polar surface area (TPSA) is 118 Å². The van der Waals surface area contributed by atoms with Gasteiger partial charge in [0.25, 0.3) is 0 Å². The second-order valence-electron chi connectivity index (χ2n) is 8.16. The molecule has 1 N–H and O–H groups in total. The van der Waals surface area contributed by atoms with Crippen molar-refractivity contribution in [1.29, 1.82) is 0 Å². The van der Waals surface area contributed by atoms with E-state index in [0.29, 0.717) is 69.3 Å². The second-order valence-corrected chi connectivity index (χ2v) is 10.1. The molecule has 2 saturated heterocycles. The van der Waals surface area contributed by atoms with Crippen LogP contribution in [0.4, 0.5) is 11.5 Å². The number of rotatable bonds is 6. The summed E-state index contributed by atoms with van der Waals surface area (Å²) in [5.41, 5.74) is 1.01. The van der Waals surface area contributed by atoms with E-state index in [0.717, 1.165) is 0 Å². The molecular weight excluding hydrogens is 460 g/mol. The number of aromatic nitrogens is 1. The number of carbonyl (C=O) groups is 2. The number of nitrogens with zero attached hydrogens (tertiary/aromatic N) is 3. The van der Waals surface area contributed by atoms with E-state index in [-0.39, 0.29) is 16.7 Å². The smallest absolute Gasteiger partial charge is 0.337 e. The van der Waals surface area contributed by atoms with Gasteiger partial charge in [0.2, 0.25) is 15.9 Å². The summed E-state index contributed by atoms with van der Waals surface area (Å²) in [5, 5.41) is 2.89. The predicted octanol–water partition coefficient (Wildman–Crippen LogP) is 1.74. The normalized spacial score (nSPS) is 17.9. The number of morpholine rings is 1. The molecule has 1 aromatic carbocycles. The number of sulfonamides is 1. The molecule has 34 heavy (non-hydrogen) atoms. The first-order chi connectivity index (χ1) is 16.4. The fraction of sp³-hybridized carbons (Fsp3) is 0.435. The molecule has 3 heterocycles. The number of esters is 1. The van der Waals surface area contributed by atoms with Crippen LogP contribution in [0.2, 0.25) is 0 Å². The highest BCUT2D eigenvalue weighted by atomic mass is 32.2. The van der Waals surface area contributed by atoms with Crippen molar-refractivity contribution in [2.24, 2.45) is 5.92 Å². The highest BCUT2D eigenvalue weighted by Crippen LogP contribution is 2.30. The molecule has 1 aromatic heterocycles. The van der Waals surface area contributed by atoms with Crippen molar-refractivity contribution in [3.63, 3.8) is 0 Å². The maximum absolute atomic E-state index is 13.2. The molecule has 0 aliphatic carbocycles. The van der Waals surface area contributed by atoms with Crippen LogP contribution in [-0.4, -0.2) is 76.1 Å². The van der Waals surface area contributed by atoms with Crippen molar-refractivity contribution in [3.8, 4) is 0 Å². The number of pyridine rings is 1. The number of hydrogen-bond acceptors (Lipinski definition) is 8. The number of amides is 1. The van der Waals surface area contributed by atoms with Crippen molar-refractivity contribution in [1.82, 2.24) is 9.29 Å². The molecule has 0 saturated carbocycles. The molecule has 11 heteroatoms. The number of carbonyl (C=O) groups excluding carboxylic acids is 2. The average molecular weight is 489 g/mol. The van der Waals surface area contributed by atoms with Crippen LogP contribution in [0.15, 0.2) is 47.5 Å². The molecule has 2 aliphatic rings. The van der Waals surface area contributed by atoms with Crippen LogP contribution in [0, 0.1) is 5.92 Å². The Kier molecular flexibility index (Phi) is 7.44.